The average Bonchev–Trinajstić information content (AvgIpc) is 3.10. The van der Waals surface area contributed by atoms with Crippen LogP contribution in [0.3, 0.4) is 0 Å². The Labute approximate surface area is 166 Å². The number of benzene rings is 2. The van der Waals surface area contributed by atoms with Gasteiger partial charge in [-0.1, -0.05) is 13.0 Å². The number of nitrogens with one attached hydrogen (secondary N) is 1. The Morgan fingerprint density at radius 2 is 1.93 bits per heavy atom. The largest absolute Gasteiger partial charge is 0.492 e. The lowest BCUT2D eigenvalue weighted by Crippen LogP contribution is -2.29. The van der Waals surface area contributed by atoms with Crippen LogP contribution in [0, 0.1) is 13.8 Å². The molecule has 6 nitrogen and oxygen atoms in total. The molecule has 150 valence electrons. The van der Waals surface area contributed by atoms with E-state index in [9.17, 15) is 13.2 Å². The van der Waals surface area contributed by atoms with Crippen molar-refractivity contribution in [3.63, 3.8) is 0 Å². The predicted molar refractivity (Wildman–Crippen MR) is 109 cm³/mol. The summed E-state index contributed by atoms with van der Waals surface area (Å²) >= 11 is 0. The fraction of sp³-hybridized carbons (Fsp3) is 0.381. The monoisotopic (exact) mass is 402 g/mol. The molecule has 28 heavy (non-hydrogen) atoms. The van der Waals surface area contributed by atoms with Crippen LogP contribution in [0.1, 0.15) is 30.0 Å². The Kier molecular flexibility index (Phi) is 6.05. The highest BCUT2D eigenvalue weighted by Gasteiger charge is 2.25. The SMILES string of the molecule is CCC(=O)N1CCc2cc(S(=O)(=O)NCCOc3ccc(C)c(C)c3)ccc21. The molecule has 0 saturated heterocycles. The molecule has 0 radical (unpaired) electrons. The van der Waals surface area contributed by atoms with E-state index in [0.717, 1.165) is 22.6 Å². The Morgan fingerprint density at radius 3 is 2.64 bits per heavy atom. The first kappa shape index (κ1) is 20.4. The minimum atomic E-state index is -3.63. The van der Waals surface area contributed by atoms with E-state index in [4.69, 9.17) is 4.74 Å². The molecule has 2 aromatic carbocycles. The third kappa shape index (κ3) is 4.36. The minimum absolute atomic E-state index is 0.0518. The van der Waals surface area contributed by atoms with Crippen molar-refractivity contribution in [1.82, 2.24) is 4.72 Å². The van der Waals surface area contributed by atoms with Crippen molar-refractivity contribution in [3.05, 3.63) is 53.1 Å². The first-order valence-corrected chi connectivity index (χ1v) is 10.9. The van der Waals surface area contributed by atoms with Crippen molar-refractivity contribution in [2.45, 2.75) is 38.5 Å². The van der Waals surface area contributed by atoms with Gasteiger partial charge in [0.15, 0.2) is 0 Å². The van der Waals surface area contributed by atoms with Crippen LogP contribution >= 0.6 is 0 Å². The van der Waals surface area contributed by atoms with Crippen LogP contribution in [0.4, 0.5) is 5.69 Å². The predicted octanol–water partition coefficient (Wildman–Crippen LogP) is 2.96. The maximum absolute atomic E-state index is 12.6. The summed E-state index contributed by atoms with van der Waals surface area (Å²) < 4.78 is 33.3. The molecule has 0 atom stereocenters. The quantitative estimate of drug-likeness (QED) is 0.723. The second kappa shape index (κ2) is 8.32. The van der Waals surface area contributed by atoms with Gasteiger partial charge in [0.1, 0.15) is 12.4 Å². The molecule has 0 unspecified atom stereocenters. The fourth-order valence-electron chi connectivity index (χ4n) is 3.23. The molecule has 3 rings (SSSR count). The summed E-state index contributed by atoms with van der Waals surface area (Å²) in [6.45, 7) is 6.87. The summed E-state index contributed by atoms with van der Waals surface area (Å²) in [6, 6.07) is 10.7. The number of hydrogen-bond donors (Lipinski definition) is 1. The van der Waals surface area contributed by atoms with Gasteiger partial charge in [-0.25, -0.2) is 13.1 Å². The summed E-state index contributed by atoms with van der Waals surface area (Å²) in [7, 11) is -3.63. The van der Waals surface area contributed by atoms with E-state index in [1.54, 1.807) is 23.1 Å². The molecule has 1 heterocycles. The van der Waals surface area contributed by atoms with Crippen LogP contribution in [-0.4, -0.2) is 34.0 Å². The van der Waals surface area contributed by atoms with Crippen molar-refractivity contribution < 1.29 is 17.9 Å². The zero-order valence-electron chi connectivity index (χ0n) is 16.5. The molecule has 0 aliphatic carbocycles. The highest BCUT2D eigenvalue weighted by atomic mass is 32.2. The number of nitrogens with zero attached hydrogens (tertiary/aromatic N) is 1. The van der Waals surface area contributed by atoms with Crippen LogP contribution < -0.4 is 14.4 Å². The van der Waals surface area contributed by atoms with Crippen molar-refractivity contribution in [2.24, 2.45) is 0 Å². The zero-order valence-corrected chi connectivity index (χ0v) is 17.3. The third-order valence-electron chi connectivity index (χ3n) is 5.00. The fourth-order valence-corrected chi connectivity index (χ4v) is 4.29. The molecule has 0 fully saturated rings. The average molecular weight is 403 g/mol. The number of rotatable bonds is 7. The Morgan fingerprint density at radius 1 is 1.14 bits per heavy atom. The van der Waals surface area contributed by atoms with E-state index in [1.807, 2.05) is 39.0 Å². The van der Waals surface area contributed by atoms with Gasteiger partial charge >= 0.3 is 0 Å². The van der Waals surface area contributed by atoms with E-state index < -0.39 is 10.0 Å². The van der Waals surface area contributed by atoms with Gasteiger partial charge in [-0.2, -0.15) is 0 Å². The van der Waals surface area contributed by atoms with Crippen molar-refractivity contribution in [2.75, 3.05) is 24.6 Å². The highest BCUT2D eigenvalue weighted by Crippen LogP contribution is 2.30. The summed E-state index contributed by atoms with van der Waals surface area (Å²) in [5, 5.41) is 0. The summed E-state index contributed by atoms with van der Waals surface area (Å²) in [5.41, 5.74) is 4.01. The number of sulfonamides is 1. The van der Waals surface area contributed by atoms with E-state index in [1.165, 1.54) is 5.56 Å². The number of amides is 1. The second-order valence-electron chi connectivity index (χ2n) is 6.93. The van der Waals surface area contributed by atoms with Gasteiger partial charge in [0.05, 0.1) is 4.90 Å². The number of aryl methyl sites for hydroxylation is 2. The molecular weight excluding hydrogens is 376 g/mol. The van der Waals surface area contributed by atoms with Crippen LogP contribution in [0.2, 0.25) is 0 Å². The lowest BCUT2D eigenvalue weighted by atomic mass is 10.1. The molecule has 0 spiro atoms. The van der Waals surface area contributed by atoms with E-state index >= 15 is 0 Å². The molecular formula is C21H26N2O4S. The van der Waals surface area contributed by atoms with Gasteiger partial charge in [-0.05, 0) is 67.3 Å². The minimum Gasteiger partial charge on any atom is -0.492 e. The van der Waals surface area contributed by atoms with Gasteiger partial charge in [-0.15, -0.1) is 0 Å². The van der Waals surface area contributed by atoms with Crippen LogP contribution in [0.5, 0.6) is 5.75 Å². The maximum atomic E-state index is 12.6. The smallest absolute Gasteiger partial charge is 0.240 e. The molecule has 1 N–H and O–H groups in total. The van der Waals surface area contributed by atoms with E-state index in [0.29, 0.717) is 19.4 Å². The zero-order chi connectivity index (χ0) is 20.3. The first-order valence-electron chi connectivity index (χ1n) is 9.45. The van der Waals surface area contributed by atoms with Crippen molar-refractivity contribution in [3.8, 4) is 5.75 Å². The first-order chi connectivity index (χ1) is 13.3. The number of ether oxygens (including phenoxy) is 1. The van der Waals surface area contributed by atoms with Crippen LogP contribution in [-0.2, 0) is 21.2 Å². The van der Waals surface area contributed by atoms with Crippen LogP contribution in [0.15, 0.2) is 41.3 Å². The Balaban J connectivity index is 1.60. The van der Waals surface area contributed by atoms with Crippen molar-refractivity contribution in [1.29, 1.82) is 0 Å². The number of carbonyl (C=O) groups is 1. The van der Waals surface area contributed by atoms with Crippen molar-refractivity contribution >= 4 is 21.6 Å². The molecule has 0 bridgehead atoms. The standard InChI is InChI=1S/C21H26N2O4S/c1-4-21(24)23-11-9-17-14-19(7-8-20(17)23)28(25,26)22-10-12-27-18-6-5-15(2)16(3)13-18/h5-8,13-14,22H,4,9-12H2,1-3H3. The number of carbonyl (C=O) groups excluding carboxylic acids is 1. The number of hydrogen-bond acceptors (Lipinski definition) is 4. The second-order valence-corrected chi connectivity index (χ2v) is 8.70. The van der Waals surface area contributed by atoms with E-state index in [-0.39, 0.29) is 24.0 Å². The summed E-state index contributed by atoms with van der Waals surface area (Å²) in [6.07, 6.45) is 1.10. The molecule has 7 heteroatoms. The third-order valence-corrected chi connectivity index (χ3v) is 6.46. The van der Waals surface area contributed by atoms with Gasteiger partial charge < -0.3 is 9.64 Å². The lowest BCUT2D eigenvalue weighted by molar-refractivity contribution is -0.118. The molecule has 2 aromatic rings. The Bertz CT molecular complexity index is 986. The normalized spacial score (nSPS) is 13.5. The topological polar surface area (TPSA) is 75.7 Å². The maximum Gasteiger partial charge on any atom is 0.240 e. The summed E-state index contributed by atoms with van der Waals surface area (Å²) in [5.74, 6) is 0.775. The lowest BCUT2D eigenvalue weighted by Gasteiger charge is -2.16. The highest BCUT2D eigenvalue weighted by molar-refractivity contribution is 7.89. The molecule has 1 aliphatic heterocycles. The van der Waals surface area contributed by atoms with Gasteiger partial charge in [0, 0.05) is 25.2 Å². The summed E-state index contributed by atoms with van der Waals surface area (Å²) in [4.78, 5) is 13.9. The van der Waals surface area contributed by atoms with Gasteiger partial charge in [-0.3, -0.25) is 4.79 Å². The number of anilines is 1. The molecule has 0 saturated carbocycles. The van der Waals surface area contributed by atoms with Gasteiger partial charge in [0.2, 0.25) is 15.9 Å². The molecule has 1 aliphatic rings. The Hall–Kier alpha value is -2.38. The number of fused-ring (bicyclic) bond motifs is 1. The van der Waals surface area contributed by atoms with Gasteiger partial charge in [0.25, 0.3) is 0 Å². The molecule has 1 amide bonds. The molecule has 0 aromatic heterocycles. The van der Waals surface area contributed by atoms with E-state index in [2.05, 4.69) is 4.72 Å². The van der Waals surface area contributed by atoms with Crippen LogP contribution in [0.25, 0.3) is 0 Å².